The highest BCUT2D eigenvalue weighted by atomic mass is 16.7. The Bertz CT molecular complexity index is 289. The molecule has 0 rings (SSSR count). The first-order valence-corrected chi connectivity index (χ1v) is 5.38. The highest BCUT2D eigenvalue weighted by Gasteiger charge is 2.15. The molecule has 100 valence electrons. The number of rotatable bonds is 8. The molecule has 0 radical (unpaired) electrons. The molecule has 0 saturated carbocycles. The Morgan fingerprint density at radius 1 is 1.00 bits per heavy atom. The molecule has 2 atom stereocenters. The van der Waals surface area contributed by atoms with Crippen molar-refractivity contribution in [3.63, 3.8) is 0 Å². The maximum Gasteiger partial charge on any atom is 0.509 e. The van der Waals surface area contributed by atoms with E-state index in [1.54, 1.807) is 12.2 Å². The standard InChI is InChI=1S/C13H18O5/c1-3-5-11(7-9-14)17-13(16)18-12(6-4-2)8-10-15/h3-4,7-12,14-15H,1-2,5-6H2/b9-7+,10-8+. The summed E-state index contributed by atoms with van der Waals surface area (Å²) in [5.74, 6) is 0. The van der Waals surface area contributed by atoms with Gasteiger partial charge in [0.25, 0.3) is 0 Å². The molecule has 18 heavy (non-hydrogen) atoms. The van der Waals surface area contributed by atoms with Crippen LogP contribution >= 0.6 is 0 Å². The normalized spacial score (nSPS) is 14.2. The molecule has 5 heteroatoms. The second-order valence-electron chi connectivity index (χ2n) is 3.29. The smallest absolute Gasteiger partial charge is 0.509 e. The highest BCUT2D eigenvalue weighted by Crippen LogP contribution is 2.08. The van der Waals surface area contributed by atoms with E-state index in [9.17, 15) is 4.79 Å². The van der Waals surface area contributed by atoms with Crippen molar-refractivity contribution in [3.05, 3.63) is 50.0 Å². The number of hydrogen-bond donors (Lipinski definition) is 2. The van der Waals surface area contributed by atoms with E-state index in [2.05, 4.69) is 13.2 Å². The van der Waals surface area contributed by atoms with Gasteiger partial charge >= 0.3 is 6.16 Å². The van der Waals surface area contributed by atoms with Crippen molar-refractivity contribution in [2.24, 2.45) is 0 Å². The second kappa shape index (κ2) is 10.0. The number of hydrogen-bond acceptors (Lipinski definition) is 5. The van der Waals surface area contributed by atoms with Crippen molar-refractivity contribution < 1.29 is 24.5 Å². The Morgan fingerprint density at radius 3 is 1.67 bits per heavy atom. The maximum atomic E-state index is 11.4. The number of aliphatic hydroxyl groups is 2. The van der Waals surface area contributed by atoms with Crippen molar-refractivity contribution in [2.45, 2.75) is 25.0 Å². The molecule has 0 aliphatic rings. The summed E-state index contributed by atoms with van der Waals surface area (Å²) in [4.78, 5) is 11.4. The lowest BCUT2D eigenvalue weighted by molar-refractivity contribution is 0.0221. The summed E-state index contributed by atoms with van der Waals surface area (Å²) in [6, 6.07) is 0. The van der Waals surface area contributed by atoms with Gasteiger partial charge in [-0.2, -0.15) is 0 Å². The molecule has 2 unspecified atom stereocenters. The van der Waals surface area contributed by atoms with Gasteiger partial charge in [-0.25, -0.2) is 4.79 Å². The third kappa shape index (κ3) is 7.16. The Hall–Kier alpha value is -2.17. The molecule has 0 heterocycles. The van der Waals surface area contributed by atoms with Crippen LogP contribution in [-0.2, 0) is 9.47 Å². The van der Waals surface area contributed by atoms with Crippen LogP contribution in [0.4, 0.5) is 4.79 Å². The third-order valence-electron chi connectivity index (χ3n) is 1.89. The predicted molar refractivity (Wildman–Crippen MR) is 68.3 cm³/mol. The quantitative estimate of drug-likeness (QED) is 0.395. The topological polar surface area (TPSA) is 76.0 Å². The first kappa shape index (κ1) is 15.8. The van der Waals surface area contributed by atoms with E-state index in [4.69, 9.17) is 19.7 Å². The molecule has 0 bridgehead atoms. The summed E-state index contributed by atoms with van der Waals surface area (Å²) in [7, 11) is 0. The van der Waals surface area contributed by atoms with Crippen molar-refractivity contribution in [1.82, 2.24) is 0 Å². The van der Waals surface area contributed by atoms with Crippen LogP contribution in [0.25, 0.3) is 0 Å². The molecule has 0 aromatic rings. The van der Waals surface area contributed by atoms with E-state index in [1.807, 2.05) is 0 Å². The first-order chi connectivity index (χ1) is 8.67. The minimum absolute atomic E-state index is 0.355. The van der Waals surface area contributed by atoms with Crippen LogP contribution in [0.5, 0.6) is 0 Å². The van der Waals surface area contributed by atoms with Gasteiger partial charge in [-0.05, 0) is 12.2 Å². The monoisotopic (exact) mass is 254 g/mol. The van der Waals surface area contributed by atoms with Gasteiger partial charge in [0, 0.05) is 12.8 Å². The largest absolute Gasteiger partial charge is 0.516 e. The highest BCUT2D eigenvalue weighted by molar-refractivity contribution is 5.60. The molecule has 0 aromatic carbocycles. The van der Waals surface area contributed by atoms with E-state index in [1.165, 1.54) is 12.2 Å². The molecule has 2 N–H and O–H groups in total. The SMILES string of the molecule is C=CCC(/C=C/O)OC(=O)OC(/C=C/O)CC=C. The van der Waals surface area contributed by atoms with Gasteiger partial charge in [-0.15, -0.1) is 13.2 Å². The van der Waals surface area contributed by atoms with Crippen LogP contribution < -0.4 is 0 Å². The van der Waals surface area contributed by atoms with Crippen LogP contribution in [0.2, 0.25) is 0 Å². The van der Waals surface area contributed by atoms with Gasteiger partial charge in [0.15, 0.2) is 0 Å². The van der Waals surface area contributed by atoms with Crippen LogP contribution in [0.15, 0.2) is 50.0 Å². The fourth-order valence-corrected chi connectivity index (χ4v) is 1.13. The zero-order chi connectivity index (χ0) is 13.8. The van der Waals surface area contributed by atoms with Gasteiger partial charge in [-0.1, -0.05) is 12.2 Å². The molecular weight excluding hydrogens is 236 g/mol. The molecule has 5 nitrogen and oxygen atoms in total. The number of carbonyl (C=O) groups excluding carboxylic acids is 1. The van der Waals surface area contributed by atoms with Gasteiger partial charge in [0.1, 0.15) is 12.2 Å². The van der Waals surface area contributed by atoms with Crippen molar-refractivity contribution in [3.8, 4) is 0 Å². The van der Waals surface area contributed by atoms with E-state index in [0.717, 1.165) is 12.5 Å². The molecule has 0 aromatic heterocycles. The predicted octanol–water partition coefficient (Wildman–Crippen LogP) is 3.17. The summed E-state index contributed by atoms with van der Waals surface area (Å²) >= 11 is 0. The minimum atomic E-state index is -0.898. The second-order valence-corrected chi connectivity index (χ2v) is 3.29. The summed E-state index contributed by atoms with van der Waals surface area (Å²) < 4.78 is 9.85. The lowest BCUT2D eigenvalue weighted by Crippen LogP contribution is -2.21. The Balaban J connectivity index is 4.35. The number of aliphatic hydroxyl groups excluding tert-OH is 2. The molecule has 0 fully saturated rings. The minimum Gasteiger partial charge on any atom is -0.516 e. The van der Waals surface area contributed by atoms with Crippen LogP contribution in [0, 0.1) is 0 Å². The Labute approximate surface area is 106 Å². The van der Waals surface area contributed by atoms with Crippen molar-refractivity contribution in [2.75, 3.05) is 0 Å². The average Bonchev–Trinajstić information content (AvgIpc) is 2.30. The molecule has 0 amide bonds. The Kier molecular flexibility index (Phi) is 8.81. The molecule has 0 aliphatic carbocycles. The summed E-state index contributed by atoms with van der Waals surface area (Å²) in [5, 5.41) is 17.2. The van der Waals surface area contributed by atoms with E-state index in [0.29, 0.717) is 12.8 Å². The van der Waals surface area contributed by atoms with Crippen LogP contribution in [-0.4, -0.2) is 28.6 Å². The van der Waals surface area contributed by atoms with Gasteiger partial charge in [0.05, 0.1) is 12.5 Å². The Morgan fingerprint density at radius 2 is 1.39 bits per heavy atom. The summed E-state index contributed by atoms with van der Waals surface area (Å²) in [6.45, 7) is 7.01. The van der Waals surface area contributed by atoms with Crippen LogP contribution in [0.3, 0.4) is 0 Å². The fraction of sp³-hybridized carbons (Fsp3) is 0.308. The molecule has 0 saturated heterocycles. The van der Waals surface area contributed by atoms with Gasteiger partial charge in [-0.3, -0.25) is 0 Å². The fourth-order valence-electron chi connectivity index (χ4n) is 1.13. The van der Waals surface area contributed by atoms with Gasteiger partial charge in [0.2, 0.25) is 0 Å². The van der Waals surface area contributed by atoms with Crippen molar-refractivity contribution in [1.29, 1.82) is 0 Å². The lowest BCUT2D eigenvalue weighted by Gasteiger charge is -2.15. The molecule has 0 aliphatic heterocycles. The van der Waals surface area contributed by atoms with Crippen LogP contribution in [0.1, 0.15) is 12.8 Å². The van der Waals surface area contributed by atoms with E-state index < -0.39 is 18.4 Å². The van der Waals surface area contributed by atoms with E-state index in [-0.39, 0.29) is 0 Å². The summed E-state index contributed by atoms with van der Waals surface area (Å²) in [6.07, 6.45) is 5.81. The average molecular weight is 254 g/mol. The number of carbonyl (C=O) groups is 1. The molecule has 0 spiro atoms. The zero-order valence-electron chi connectivity index (χ0n) is 10.1. The van der Waals surface area contributed by atoms with Crippen molar-refractivity contribution >= 4 is 6.16 Å². The zero-order valence-corrected chi connectivity index (χ0v) is 10.1. The lowest BCUT2D eigenvalue weighted by atomic mass is 10.2. The number of ether oxygens (including phenoxy) is 2. The van der Waals surface area contributed by atoms with Gasteiger partial charge < -0.3 is 19.7 Å². The summed E-state index contributed by atoms with van der Waals surface area (Å²) in [5.41, 5.74) is 0. The molecular formula is C13H18O5. The van der Waals surface area contributed by atoms with E-state index >= 15 is 0 Å². The third-order valence-corrected chi connectivity index (χ3v) is 1.89. The first-order valence-electron chi connectivity index (χ1n) is 5.38. The maximum absolute atomic E-state index is 11.4.